The van der Waals surface area contributed by atoms with Gasteiger partial charge in [-0.25, -0.2) is 9.48 Å². The summed E-state index contributed by atoms with van der Waals surface area (Å²) < 4.78 is 2.90. The van der Waals surface area contributed by atoms with Crippen molar-refractivity contribution in [2.75, 3.05) is 11.9 Å². The Morgan fingerprint density at radius 2 is 1.88 bits per heavy atom. The minimum Gasteiger partial charge on any atom is -0.335 e. The van der Waals surface area contributed by atoms with Crippen molar-refractivity contribution in [1.29, 1.82) is 0 Å². The Balaban J connectivity index is 1.32. The van der Waals surface area contributed by atoms with Crippen LogP contribution in [-0.4, -0.2) is 37.4 Å². The number of anilines is 1. The number of carbonyl (C=O) groups excluding carboxylic acids is 2. The Bertz CT molecular complexity index is 1440. The fourth-order valence-corrected chi connectivity index (χ4v) is 4.63. The van der Waals surface area contributed by atoms with Gasteiger partial charge in [0.15, 0.2) is 5.65 Å². The van der Waals surface area contributed by atoms with Crippen LogP contribution in [0.3, 0.4) is 0 Å². The fourth-order valence-electron chi connectivity index (χ4n) is 4.63. The molecule has 1 aliphatic heterocycles. The van der Waals surface area contributed by atoms with Crippen LogP contribution in [0.5, 0.6) is 0 Å². The minimum atomic E-state index is -0.290. The predicted octanol–water partition coefficient (Wildman–Crippen LogP) is 3.02. The molecule has 2 aromatic carbocycles. The molecule has 0 spiro atoms. The molecule has 5 rings (SSSR count). The average Bonchev–Trinajstić information content (AvgIpc) is 3.14. The predicted molar refractivity (Wildman–Crippen MR) is 129 cm³/mol. The molecule has 2 amide bonds. The van der Waals surface area contributed by atoms with E-state index in [0.29, 0.717) is 24.4 Å². The number of carbonyl (C=O) groups is 2. The lowest BCUT2D eigenvalue weighted by molar-refractivity contribution is -0.132. The van der Waals surface area contributed by atoms with Gasteiger partial charge >= 0.3 is 5.69 Å². The van der Waals surface area contributed by atoms with E-state index in [-0.39, 0.29) is 30.0 Å². The highest BCUT2D eigenvalue weighted by molar-refractivity contribution is 5.91. The Hall–Kier alpha value is -4.20. The molecule has 8 nitrogen and oxygen atoms in total. The maximum atomic E-state index is 13.0. The number of aromatic nitrogens is 3. The van der Waals surface area contributed by atoms with Crippen LogP contribution in [-0.2, 0) is 22.6 Å². The van der Waals surface area contributed by atoms with Gasteiger partial charge in [0.05, 0.1) is 19.0 Å². The zero-order valence-electron chi connectivity index (χ0n) is 18.8. The van der Waals surface area contributed by atoms with Gasteiger partial charge in [-0.2, -0.15) is 0 Å². The SMILES string of the molecule is CC(=O)N1CCc2ccccc2C1CC(=O)Nc1cccc(Cn2nc3ccccn3c2=O)c1. The number of hydrogen-bond donors (Lipinski definition) is 1. The first kappa shape index (κ1) is 21.6. The largest absolute Gasteiger partial charge is 0.350 e. The van der Waals surface area contributed by atoms with Crippen molar-refractivity contribution in [3.05, 3.63) is 100 Å². The molecule has 0 fully saturated rings. The van der Waals surface area contributed by atoms with Gasteiger partial charge < -0.3 is 10.2 Å². The number of hydrogen-bond acceptors (Lipinski definition) is 4. The second-order valence-corrected chi connectivity index (χ2v) is 8.50. The van der Waals surface area contributed by atoms with E-state index in [0.717, 1.165) is 17.5 Å². The monoisotopic (exact) mass is 455 g/mol. The van der Waals surface area contributed by atoms with E-state index in [9.17, 15) is 14.4 Å². The zero-order valence-corrected chi connectivity index (χ0v) is 18.8. The van der Waals surface area contributed by atoms with Gasteiger partial charge in [-0.1, -0.05) is 42.5 Å². The van der Waals surface area contributed by atoms with Crippen molar-refractivity contribution in [3.63, 3.8) is 0 Å². The van der Waals surface area contributed by atoms with Crippen molar-refractivity contribution in [3.8, 4) is 0 Å². The molecule has 1 N–H and O–H groups in total. The van der Waals surface area contributed by atoms with E-state index < -0.39 is 0 Å². The summed E-state index contributed by atoms with van der Waals surface area (Å²) in [6.07, 6.45) is 2.65. The molecule has 1 unspecified atom stereocenters. The average molecular weight is 456 g/mol. The fraction of sp³-hybridized carbons (Fsp3) is 0.231. The zero-order chi connectivity index (χ0) is 23.7. The third-order valence-electron chi connectivity index (χ3n) is 6.23. The maximum absolute atomic E-state index is 13.0. The number of benzene rings is 2. The summed E-state index contributed by atoms with van der Waals surface area (Å²) in [5, 5.41) is 7.32. The van der Waals surface area contributed by atoms with Crippen molar-refractivity contribution in [2.24, 2.45) is 0 Å². The van der Waals surface area contributed by atoms with Crippen molar-refractivity contribution < 1.29 is 9.59 Å². The van der Waals surface area contributed by atoms with Gasteiger partial charge in [-0.15, -0.1) is 5.10 Å². The summed E-state index contributed by atoms with van der Waals surface area (Å²) in [6, 6.07) is 20.5. The van der Waals surface area contributed by atoms with E-state index >= 15 is 0 Å². The molecule has 34 heavy (non-hydrogen) atoms. The van der Waals surface area contributed by atoms with E-state index in [1.807, 2.05) is 48.5 Å². The second kappa shape index (κ2) is 8.97. The molecule has 2 aromatic heterocycles. The first-order valence-electron chi connectivity index (χ1n) is 11.3. The van der Waals surface area contributed by atoms with Crippen molar-refractivity contribution in [1.82, 2.24) is 19.1 Å². The Morgan fingerprint density at radius 1 is 1.06 bits per heavy atom. The highest BCUT2D eigenvalue weighted by atomic mass is 16.2. The van der Waals surface area contributed by atoms with Crippen molar-refractivity contribution >= 4 is 23.1 Å². The molecule has 1 atom stereocenters. The summed E-state index contributed by atoms with van der Waals surface area (Å²) in [7, 11) is 0. The van der Waals surface area contributed by atoms with Crippen LogP contribution in [0.15, 0.2) is 77.7 Å². The summed E-state index contributed by atoms with van der Waals surface area (Å²) in [5.74, 6) is -0.206. The standard InChI is InChI=1S/C26H25N5O3/c1-18(32)29-14-12-20-8-2-3-10-22(20)23(29)16-25(33)27-21-9-6-7-19(15-21)17-31-26(34)30-13-5-4-11-24(30)28-31/h2-11,13,15,23H,12,14,16-17H2,1H3,(H,27,33). The smallest absolute Gasteiger partial charge is 0.335 e. The van der Waals surface area contributed by atoms with Gasteiger partial charge in [-0.05, 0) is 47.4 Å². The molecule has 0 radical (unpaired) electrons. The van der Waals surface area contributed by atoms with Gasteiger partial charge in [0.25, 0.3) is 0 Å². The summed E-state index contributed by atoms with van der Waals surface area (Å²) in [4.78, 5) is 39.5. The van der Waals surface area contributed by atoms with Crippen LogP contribution >= 0.6 is 0 Å². The first-order chi connectivity index (χ1) is 16.5. The number of amides is 2. The maximum Gasteiger partial charge on any atom is 0.350 e. The lowest BCUT2D eigenvalue weighted by Gasteiger charge is -2.36. The molecule has 1 aliphatic rings. The van der Waals surface area contributed by atoms with E-state index in [4.69, 9.17) is 0 Å². The molecule has 0 saturated carbocycles. The molecule has 0 aliphatic carbocycles. The molecule has 8 heteroatoms. The third kappa shape index (κ3) is 4.22. The summed E-state index contributed by atoms with van der Waals surface area (Å²) >= 11 is 0. The molecule has 3 heterocycles. The van der Waals surface area contributed by atoms with Crippen LogP contribution in [0, 0.1) is 0 Å². The van der Waals surface area contributed by atoms with Gasteiger partial charge in [0, 0.05) is 25.4 Å². The van der Waals surface area contributed by atoms with E-state index in [1.165, 1.54) is 14.6 Å². The van der Waals surface area contributed by atoms with Gasteiger partial charge in [0.1, 0.15) is 0 Å². The highest BCUT2D eigenvalue weighted by Gasteiger charge is 2.30. The van der Waals surface area contributed by atoms with Gasteiger partial charge in [0.2, 0.25) is 11.8 Å². The lowest BCUT2D eigenvalue weighted by Crippen LogP contribution is -2.40. The molecule has 0 bridgehead atoms. The lowest BCUT2D eigenvalue weighted by atomic mass is 9.90. The van der Waals surface area contributed by atoms with Gasteiger partial charge in [-0.3, -0.25) is 14.0 Å². The minimum absolute atomic E-state index is 0.0350. The molecular weight excluding hydrogens is 430 g/mol. The third-order valence-corrected chi connectivity index (χ3v) is 6.23. The first-order valence-corrected chi connectivity index (χ1v) is 11.3. The Labute approximate surface area is 196 Å². The van der Waals surface area contributed by atoms with Crippen LogP contribution in [0.1, 0.15) is 36.1 Å². The van der Waals surface area contributed by atoms with Crippen LogP contribution in [0.4, 0.5) is 5.69 Å². The number of nitrogens with zero attached hydrogens (tertiary/aromatic N) is 4. The highest BCUT2D eigenvalue weighted by Crippen LogP contribution is 2.32. The molecule has 172 valence electrons. The summed E-state index contributed by atoms with van der Waals surface area (Å²) in [6.45, 7) is 2.44. The van der Waals surface area contributed by atoms with E-state index in [1.54, 1.807) is 30.2 Å². The molecular formula is C26H25N5O3. The normalized spacial score (nSPS) is 15.2. The quantitative estimate of drug-likeness (QED) is 0.501. The Morgan fingerprint density at radius 3 is 2.71 bits per heavy atom. The van der Waals surface area contributed by atoms with Crippen LogP contribution < -0.4 is 11.0 Å². The number of nitrogens with one attached hydrogen (secondary N) is 1. The van der Waals surface area contributed by atoms with Crippen LogP contribution in [0.2, 0.25) is 0 Å². The number of fused-ring (bicyclic) bond motifs is 2. The van der Waals surface area contributed by atoms with Crippen molar-refractivity contribution in [2.45, 2.75) is 32.4 Å². The molecule has 0 saturated heterocycles. The summed E-state index contributed by atoms with van der Waals surface area (Å²) in [5.41, 5.74) is 4.05. The molecule has 4 aromatic rings. The van der Waals surface area contributed by atoms with Crippen LogP contribution in [0.25, 0.3) is 5.65 Å². The Kier molecular flexibility index (Phi) is 5.71. The number of rotatable bonds is 5. The second-order valence-electron chi connectivity index (χ2n) is 8.50. The van der Waals surface area contributed by atoms with E-state index in [2.05, 4.69) is 16.5 Å². The topological polar surface area (TPSA) is 88.7 Å². The number of pyridine rings is 1.